The van der Waals surface area contributed by atoms with Crippen LogP contribution in [0.2, 0.25) is 0 Å². The minimum absolute atomic E-state index is 0.106. The van der Waals surface area contributed by atoms with Crippen LogP contribution in [-0.2, 0) is 9.53 Å². The van der Waals surface area contributed by atoms with Crippen molar-refractivity contribution in [2.24, 2.45) is 0 Å². The molecule has 2 heterocycles. The van der Waals surface area contributed by atoms with E-state index in [4.69, 9.17) is 4.74 Å². The molecule has 1 aromatic rings. The SMILES string of the molecule is Cc1nnc(S[C@@H]2CCOC2=O)n1C1CCCCC1. The molecule has 0 spiro atoms. The summed E-state index contributed by atoms with van der Waals surface area (Å²) < 4.78 is 7.24. The lowest BCUT2D eigenvalue weighted by Crippen LogP contribution is -2.17. The van der Waals surface area contributed by atoms with Crippen LogP contribution < -0.4 is 0 Å². The quantitative estimate of drug-likeness (QED) is 0.797. The predicted octanol–water partition coefficient (Wildman–Crippen LogP) is 2.50. The van der Waals surface area contributed by atoms with Gasteiger partial charge in [-0.2, -0.15) is 0 Å². The average Bonchev–Trinajstić information content (AvgIpc) is 2.98. The number of hydrogen-bond donors (Lipinski definition) is 0. The number of nitrogens with zero attached hydrogens (tertiary/aromatic N) is 3. The van der Waals surface area contributed by atoms with Gasteiger partial charge in [0.15, 0.2) is 5.16 Å². The number of carbonyl (C=O) groups is 1. The summed E-state index contributed by atoms with van der Waals surface area (Å²) in [6.07, 6.45) is 7.05. The molecule has 1 aliphatic carbocycles. The van der Waals surface area contributed by atoms with E-state index in [-0.39, 0.29) is 11.2 Å². The molecular formula is C13H19N3O2S. The van der Waals surface area contributed by atoms with Crippen molar-refractivity contribution >= 4 is 17.7 Å². The second-order valence-corrected chi connectivity index (χ2v) is 6.42. The van der Waals surface area contributed by atoms with Gasteiger partial charge in [0.1, 0.15) is 11.1 Å². The summed E-state index contributed by atoms with van der Waals surface area (Å²) in [5.41, 5.74) is 0. The van der Waals surface area contributed by atoms with Crippen molar-refractivity contribution in [1.29, 1.82) is 0 Å². The van der Waals surface area contributed by atoms with Crippen LogP contribution in [0.15, 0.2) is 5.16 Å². The van der Waals surface area contributed by atoms with Crippen molar-refractivity contribution in [3.63, 3.8) is 0 Å². The molecule has 2 aliphatic rings. The number of ether oxygens (including phenoxy) is 1. The lowest BCUT2D eigenvalue weighted by molar-refractivity contribution is -0.137. The summed E-state index contributed by atoms with van der Waals surface area (Å²) in [5.74, 6) is 0.849. The third-order valence-electron chi connectivity index (χ3n) is 3.91. The van der Waals surface area contributed by atoms with E-state index in [9.17, 15) is 4.79 Å². The lowest BCUT2D eigenvalue weighted by atomic mass is 9.95. The third-order valence-corrected chi connectivity index (χ3v) is 5.11. The van der Waals surface area contributed by atoms with Crippen molar-refractivity contribution in [2.75, 3.05) is 6.61 Å². The zero-order valence-corrected chi connectivity index (χ0v) is 12.0. The van der Waals surface area contributed by atoms with E-state index in [2.05, 4.69) is 14.8 Å². The van der Waals surface area contributed by atoms with E-state index in [0.717, 1.165) is 17.4 Å². The van der Waals surface area contributed by atoms with Crippen LogP contribution in [0, 0.1) is 6.92 Å². The van der Waals surface area contributed by atoms with Crippen molar-refractivity contribution in [3.8, 4) is 0 Å². The zero-order chi connectivity index (χ0) is 13.2. The fourth-order valence-electron chi connectivity index (χ4n) is 2.90. The van der Waals surface area contributed by atoms with Crippen LogP contribution in [-0.4, -0.2) is 32.6 Å². The molecule has 1 saturated carbocycles. The van der Waals surface area contributed by atoms with E-state index in [0.29, 0.717) is 12.6 Å². The van der Waals surface area contributed by atoms with Crippen LogP contribution >= 0.6 is 11.8 Å². The Morgan fingerprint density at radius 1 is 1.21 bits per heavy atom. The molecule has 0 aromatic carbocycles. The maximum atomic E-state index is 11.6. The molecule has 2 fully saturated rings. The Kier molecular flexibility index (Phi) is 3.77. The molecule has 1 aromatic heterocycles. The predicted molar refractivity (Wildman–Crippen MR) is 72.1 cm³/mol. The Hall–Kier alpha value is -1.04. The topological polar surface area (TPSA) is 57.0 Å². The Labute approximate surface area is 117 Å². The summed E-state index contributed by atoms with van der Waals surface area (Å²) in [6, 6.07) is 0.503. The Balaban J connectivity index is 1.79. The molecule has 0 N–H and O–H groups in total. The van der Waals surface area contributed by atoms with Gasteiger partial charge in [-0.05, 0) is 19.8 Å². The van der Waals surface area contributed by atoms with Crippen molar-refractivity contribution in [2.45, 2.75) is 61.9 Å². The zero-order valence-electron chi connectivity index (χ0n) is 11.2. The number of carbonyl (C=O) groups excluding carboxylic acids is 1. The van der Waals surface area contributed by atoms with Gasteiger partial charge in [-0.15, -0.1) is 10.2 Å². The van der Waals surface area contributed by atoms with Crippen LogP contribution in [0.5, 0.6) is 0 Å². The molecule has 0 radical (unpaired) electrons. The maximum Gasteiger partial charge on any atom is 0.319 e. The van der Waals surface area contributed by atoms with Gasteiger partial charge in [0.2, 0.25) is 0 Å². The number of aryl methyl sites for hydroxylation is 1. The van der Waals surface area contributed by atoms with Gasteiger partial charge < -0.3 is 9.30 Å². The van der Waals surface area contributed by atoms with Crippen LogP contribution in [0.3, 0.4) is 0 Å². The van der Waals surface area contributed by atoms with Crippen LogP contribution in [0.1, 0.15) is 50.4 Å². The number of cyclic esters (lactones) is 1. The summed E-state index contributed by atoms with van der Waals surface area (Å²) in [5, 5.41) is 9.23. The highest BCUT2D eigenvalue weighted by Crippen LogP contribution is 2.35. The van der Waals surface area contributed by atoms with Crippen molar-refractivity contribution in [1.82, 2.24) is 14.8 Å². The minimum Gasteiger partial charge on any atom is -0.465 e. The second-order valence-electron chi connectivity index (χ2n) is 5.25. The largest absolute Gasteiger partial charge is 0.465 e. The molecule has 1 atom stereocenters. The van der Waals surface area contributed by atoms with Gasteiger partial charge in [-0.25, -0.2) is 0 Å². The van der Waals surface area contributed by atoms with Gasteiger partial charge in [-0.3, -0.25) is 4.79 Å². The van der Waals surface area contributed by atoms with E-state index >= 15 is 0 Å². The van der Waals surface area contributed by atoms with Crippen LogP contribution in [0.25, 0.3) is 0 Å². The molecule has 6 heteroatoms. The van der Waals surface area contributed by atoms with Gasteiger partial charge in [0.25, 0.3) is 0 Å². The monoisotopic (exact) mass is 281 g/mol. The Morgan fingerprint density at radius 2 is 2.00 bits per heavy atom. The standard InChI is InChI=1S/C13H19N3O2S/c1-9-14-15-13(19-11-7-8-18-12(11)17)16(9)10-5-3-2-4-6-10/h10-11H,2-8H2,1H3/t11-/m1/s1. The van der Waals surface area contributed by atoms with Crippen molar-refractivity contribution < 1.29 is 9.53 Å². The minimum atomic E-state index is -0.110. The highest BCUT2D eigenvalue weighted by molar-refractivity contribution is 8.00. The Morgan fingerprint density at radius 3 is 2.68 bits per heavy atom. The van der Waals surface area contributed by atoms with E-state index < -0.39 is 0 Å². The smallest absolute Gasteiger partial charge is 0.319 e. The first kappa shape index (κ1) is 13.0. The Bertz CT molecular complexity index is 468. The fourth-order valence-corrected chi connectivity index (χ4v) is 4.02. The molecule has 19 heavy (non-hydrogen) atoms. The molecule has 0 amide bonds. The average molecular weight is 281 g/mol. The number of hydrogen-bond acceptors (Lipinski definition) is 5. The molecule has 1 saturated heterocycles. The fraction of sp³-hybridized carbons (Fsp3) is 0.769. The van der Waals surface area contributed by atoms with Gasteiger partial charge in [0.05, 0.1) is 6.61 Å². The second kappa shape index (κ2) is 5.53. The lowest BCUT2D eigenvalue weighted by Gasteiger charge is -2.25. The van der Waals surface area contributed by atoms with Gasteiger partial charge >= 0.3 is 5.97 Å². The first-order chi connectivity index (χ1) is 9.25. The third kappa shape index (κ3) is 2.63. The van der Waals surface area contributed by atoms with Gasteiger partial charge in [-0.1, -0.05) is 31.0 Å². The summed E-state index contributed by atoms with van der Waals surface area (Å²) in [4.78, 5) is 11.6. The summed E-state index contributed by atoms with van der Waals surface area (Å²) in [6.45, 7) is 2.53. The summed E-state index contributed by atoms with van der Waals surface area (Å²) in [7, 11) is 0. The molecule has 104 valence electrons. The first-order valence-electron chi connectivity index (χ1n) is 7.00. The number of rotatable bonds is 3. The molecular weight excluding hydrogens is 262 g/mol. The van der Waals surface area contributed by atoms with E-state index in [1.165, 1.54) is 43.9 Å². The molecule has 5 nitrogen and oxygen atoms in total. The number of aromatic nitrogens is 3. The van der Waals surface area contributed by atoms with E-state index in [1.54, 1.807) is 0 Å². The van der Waals surface area contributed by atoms with E-state index in [1.807, 2.05) is 6.92 Å². The highest BCUT2D eigenvalue weighted by atomic mass is 32.2. The molecule has 0 bridgehead atoms. The highest BCUT2D eigenvalue weighted by Gasteiger charge is 2.31. The first-order valence-corrected chi connectivity index (χ1v) is 7.88. The number of thioether (sulfide) groups is 1. The molecule has 3 rings (SSSR count). The maximum absolute atomic E-state index is 11.6. The molecule has 0 unspecified atom stereocenters. The van der Waals surface area contributed by atoms with Gasteiger partial charge in [0, 0.05) is 12.5 Å². The number of esters is 1. The van der Waals surface area contributed by atoms with Crippen LogP contribution in [0.4, 0.5) is 0 Å². The molecule has 1 aliphatic heterocycles. The summed E-state index contributed by atoms with van der Waals surface area (Å²) >= 11 is 1.52. The van der Waals surface area contributed by atoms with Crippen molar-refractivity contribution in [3.05, 3.63) is 5.82 Å². The normalized spacial score (nSPS) is 24.7.